The summed E-state index contributed by atoms with van der Waals surface area (Å²) in [6, 6.07) is 10.3. The summed E-state index contributed by atoms with van der Waals surface area (Å²) in [7, 11) is 0. The van der Waals surface area contributed by atoms with Gasteiger partial charge in [-0.2, -0.15) is 0 Å². The molecular weight excluding hydrogens is 392 g/mol. The molecule has 1 aromatic carbocycles. The van der Waals surface area contributed by atoms with Crippen molar-refractivity contribution < 1.29 is 33.0 Å². The molecule has 0 radical (unpaired) electrons. The van der Waals surface area contributed by atoms with Crippen molar-refractivity contribution >= 4 is 17.8 Å². The van der Waals surface area contributed by atoms with Crippen molar-refractivity contribution in [3.8, 4) is 11.5 Å². The molecule has 3 heterocycles. The molecule has 9 nitrogen and oxygen atoms in total. The average Bonchev–Trinajstić information content (AvgIpc) is 3.31. The number of nitrogens with zero attached hydrogens (tertiary/aromatic N) is 2. The minimum absolute atomic E-state index is 0.206. The van der Waals surface area contributed by atoms with Gasteiger partial charge in [0.2, 0.25) is 6.10 Å². The quantitative estimate of drug-likeness (QED) is 0.696. The number of hydrogen-bond acceptors (Lipinski definition) is 7. The Bertz CT molecular complexity index is 919. The number of rotatable bonds is 4. The van der Waals surface area contributed by atoms with Crippen LogP contribution in [0.1, 0.15) is 17.5 Å². The van der Waals surface area contributed by atoms with Crippen molar-refractivity contribution in [2.24, 2.45) is 0 Å². The molecule has 30 heavy (non-hydrogen) atoms. The molecule has 2 aromatic rings. The molecule has 2 unspecified atom stereocenters. The zero-order valence-corrected chi connectivity index (χ0v) is 16.5. The summed E-state index contributed by atoms with van der Waals surface area (Å²) in [5, 5.41) is 0. The first kappa shape index (κ1) is 19.8. The lowest BCUT2D eigenvalue weighted by Crippen LogP contribution is -2.52. The molecule has 9 heteroatoms. The van der Waals surface area contributed by atoms with Crippen molar-refractivity contribution in [1.29, 1.82) is 0 Å². The lowest BCUT2D eigenvalue weighted by atomic mass is 10.2. The third-order valence-electron chi connectivity index (χ3n) is 5.06. The van der Waals surface area contributed by atoms with Crippen LogP contribution in [0.4, 0.5) is 0 Å². The van der Waals surface area contributed by atoms with Gasteiger partial charge in [-0.1, -0.05) is 12.1 Å². The van der Waals surface area contributed by atoms with Gasteiger partial charge in [0.25, 0.3) is 11.8 Å². The highest BCUT2D eigenvalue weighted by Gasteiger charge is 2.36. The molecule has 2 aliphatic heterocycles. The highest BCUT2D eigenvalue weighted by atomic mass is 16.6. The maximum Gasteiger partial charge on any atom is 0.351 e. The summed E-state index contributed by atoms with van der Waals surface area (Å²) < 4.78 is 21.7. The number of esters is 1. The summed E-state index contributed by atoms with van der Waals surface area (Å²) in [4.78, 5) is 40.3. The van der Waals surface area contributed by atoms with E-state index < -0.39 is 18.2 Å². The molecular formula is C21H22N2O7. The van der Waals surface area contributed by atoms with E-state index in [1.165, 1.54) is 6.26 Å². The van der Waals surface area contributed by atoms with E-state index >= 15 is 0 Å². The second-order valence-electron chi connectivity index (χ2n) is 7.07. The van der Waals surface area contributed by atoms with Crippen LogP contribution in [0.5, 0.6) is 11.5 Å². The van der Waals surface area contributed by atoms with Gasteiger partial charge in [-0.3, -0.25) is 9.59 Å². The van der Waals surface area contributed by atoms with Gasteiger partial charge >= 0.3 is 5.97 Å². The van der Waals surface area contributed by atoms with Gasteiger partial charge in [-0.25, -0.2) is 4.79 Å². The number of carbonyl (C=O) groups is 3. The Morgan fingerprint density at radius 2 is 1.63 bits per heavy atom. The number of furan rings is 1. The van der Waals surface area contributed by atoms with E-state index in [-0.39, 0.29) is 24.2 Å². The van der Waals surface area contributed by atoms with Gasteiger partial charge in [0.15, 0.2) is 23.9 Å². The van der Waals surface area contributed by atoms with Gasteiger partial charge in [0, 0.05) is 26.2 Å². The highest BCUT2D eigenvalue weighted by molar-refractivity contribution is 5.91. The van der Waals surface area contributed by atoms with Crippen LogP contribution < -0.4 is 9.47 Å². The van der Waals surface area contributed by atoms with Crippen molar-refractivity contribution in [3.05, 3.63) is 48.4 Å². The van der Waals surface area contributed by atoms with E-state index in [0.29, 0.717) is 37.7 Å². The van der Waals surface area contributed by atoms with Gasteiger partial charge in [-0.15, -0.1) is 0 Å². The summed E-state index contributed by atoms with van der Waals surface area (Å²) >= 11 is 0. The fraction of sp³-hybridized carbons (Fsp3) is 0.381. The van der Waals surface area contributed by atoms with Gasteiger partial charge in [-0.05, 0) is 31.2 Å². The maximum atomic E-state index is 12.4. The number of fused-ring (bicyclic) bond motifs is 1. The third-order valence-corrected chi connectivity index (χ3v) is 5.06. The molecule has 0 N–H and O–H groups in total. The molecule has 2 atom stereocenters. The monoisotopic (exact) mass is 414 g/mol. The van der Waals surface area contributed by atoms with Crippen molar-refractivity contribution in [2.75, 3.05) is 32.8 Å². The first-order chi connectivity index (χ1) is 14.5. The fourth-order valence-electron chi connectivity index (χ4n) is 3.40. The van der Waals surface area contributed by atoms with E-state index in [2.05, 4.69) is 0 Å². The van der Waals surface area contributed by atoms with Crippen molar-refractivity contribution in [3.63, 3.8) is 0 Å². The lowest BCUT2D eigenvalue weighted by molar-refractivity contribution is -0.163. The Morgan fingerprint density at radius 1 is 0.967 bits per heavy atom. The second-order valence-corrected chi connectivity index (χ2v) is 7.07. The largest absolute Gasteiger partial charge is 0.482 e. The van der Waals surface area contributed by atoms with Gasteiger partial charge in [0.1, 0.15) is 6.10 Å². The summed E-state index contributed by atoms with van der Waals surface area (Å²) in [6.07, 6.45) is -0.0452. The summed E-state index contributed by atoms with van der Waals surface area (Å²) in [6.45, 7) is 2.79. The maximum absolute atomic E-state index is 12.4. The Balaban J connectivity index is 1.25. The Hall–Kier alpha value is -3.49. The van der Waals surface area contributed by atoms with Gasteiger partial charge < -0.3 is 28.4 Å². The van der Waals surface area contributed by atoms with Gasteiger partial charge in [0.05, 0.1) is 6.26 Å². The Labute approximate surface area is 173 Å². The first-order valence-electron chi connectivity index (χ1n) is 9.72. The topological polar surface area (TPSA) is 98.5 Å². The normalized spacial score (nSPS) is 20.6. The van der Waals surface area contributed by atoms with Crippen LogP contribution in [-0.2, 0) is 14.3 Å². The zero-order chi connectivity index (χ0) is 21.1. The molecule has 0 spiro atoms. The van der Waals surface area contributed by atoms with Crippen LogP contribution in [0.3, 0.4) is 0 Å². The molecule has 2 amide bonds. The van der Waals surface area contributed by atoms with E-state index in [1.807, 2.05) is 6.07 Å². The standard InChI is InChI=1S/C21H22N2O7/c1-14-19(30-16-6-3-2-5-15(16)29-14)21(26)28-13-18(24)22-8-10-23(11-9-22)20(25)17-7-4-12-27-17/h2-7,12,14,19H,8-11,13H2,1H3. The number of para-hydroxylation sites is 2. The fourth-order valence-corrected chi connectivity index (χ4v) is 3.40. The number of hydrogen-bond donors (Lipinski definition) is 0. The smallest absolute Gasteiger partial charge is 0.351 e. The van der Waals surface area contributed by atoms with Crippen LogP contribution in [0.2, 0.25) is 0 Å². The van der Waals surface area contributed by atoms with E-state index in [4.69, 9.17) is 18.6 Å². The summed E-state index contributed by atoms with van der Waals surface area (Å²) in [5.41, 5.74) is 0. The molecule has 0 saturated carbocycles. The number of amides is 2. The van der Waals surface area contributed by atoms with Crippen LogP contribution >= 0.6 is 0 Å². The molecule has 0 bridgehead atoms. The van der Waals surface area contributed by atoms with Crippen LogP contribution in [0, 0.1) is 0 Å². The van der Waals surface area contributed by atoms with Crippen LogP contribution in [0.25, 0.3) is 0 Å². The minimum Gasteiger partial charge on any atom is -0.482 e. The SMILES string of the molecule is CC1Oc2ccccc2OC1C(=O)OCC(=O)N1CCN(C(=O)c2ccco2)CC1. The molecule has 1 aromatic heterocycles. The van der Waals surface area contributed by atoms with E-state index in [1.54, 1.807) is 47.1 Å². The molecule has 4 rings (SSSR count). The highest BCUT2D eigenvalue weighted by Crippen LogP contribution is 2.33. The minimum atomic E-state index is -0.949. The molecule has 0 aliphatic carbocycles. The third kappa shape index (κ3) is 4.10. The van der Waals surface area contributed by atoms with Crippen LogP contribution in [0.15, 0.2) is 47.1 Å². The Morgan fingerprint density at radius 3 is 2.30 bits per heavy atom. The van der Waals surface area contributed by atoms with E-state index in [0.717, 1.165) is 0 Å². The number of carbonyl (C=O) groups excluding carboxylic acids is 3. The summed E-state index contributed by atoms with van der Waals surface area (Å²) in [5.74, 6) is 0.111. The average molecular weight is 414 g/mol. The second kappa shape index (κ2) is 8.48. The predicted molar refractivity (Wildman–Crippen MR) is 103 cm³/mol. The Kier molecular flexibility index (Phi) is 5.60. The zero-order valence-electron chi connectivity index (χ0n) is 16.5. The van der Waals surface area contributed by atoms with Crippen LogP contribution in [-0.4, -0.2) is 72.6 Å². The first-order valence-corrected chi connectivity index (χ1v) is 9.72. The van der Waals surface area contributed by atoms with E-state index in [9.17, 15) is 14.4 Å². The molecule has 2 aliphatic rings. The lowest BCUT2D eigenvalue weighted by Gasteiger charge is -2.34. The van der Waals surface area contributed by atoms with Crippen molar-refractivity contribution in [1.82, 2.24) is 9.80 Å². The number of piperazine rings is 1. The number of benzene rings is 1. The van der Waals surface area contributed by atoms with Crippen molar-refractivity contribution in [2.45, 2.75) is 19.1 Å². The predicted octanol–water partition coefficient (Wildman–Crippen LogP) is 1.34. The molecule has 1 saturated heterocycles. The molecule has 158 valence electrons. The molecule has 1 fully saturated rings. The number of ether oxygens (including phenoxy) is 3.